The Morgan fingerprint density at radius 2 is 2.00 bits per heavy atom. The fourth-order valence-electron chi connectivity index (χ4n) is 2.99. The highest BCUT2D eigenvalue weighted by molar-refractivity contribution is 5.05. The fourth-order valence-corrected chi connectivity index (χ4v) is 2.99. The second kappa shape index (κ2) is 4.17. The van der Waals surface area contributed by atoms with E-state index in [2.05, 4.69) is 22.4 Å². The lowest BCUT2D eigenvalue weighted by Gasteiger charge is -2.11. The summed E-state index contributed by atoms with van der Waals surface area (Å²) in [5, 5.41) is 11.0. The summed E-state index contributed by atoms with van der Waals surface area (Å²) in [5.41, 5.74) is 0. The Hall–Kier alpha value is -0.900. The van der Waals surface area contributed by atoms with Crippen molar-refractivity contribution < 1.29 is 0 Å². The van der Waals surface area contributed by atoms with Gasteiger partial charge in [0.1, 0.15) is 5.82 Å². The van der Waals surface area contributed by atoms with Gasteiger partial charge in [-0.2, -0.15) is 5.10 Å². The number of aromatic nitrogens is 3. The molecule has 4 nitrogen and oxygen atoms in total. The third-order valence-electron chi connectivity index (χ3n) is 4.07. The van der Waals surface area contributed by atoms with E-state index >= 15 is 0 Å². The predicted molar refractivity (Wildman–Crippen MR) is 62.1 cm³/mol. The SMILES string of the molecule is CC1CCNC1c1nc(C2CCCC2)n[nH]1. The molecule has 1 aromatic heterocycles. The van der Waals surface area contributed by atoms with Crippen molar-refractivity contribution in [2.24, 2.45) is 5.92 Å². The molecule has 0 bridgehead atoms. The lowest BCUT2D eigenvalue weighted by atomic mass is 10.0. The zero-order valence-electron chi connectivity index (χ0n) is 9.87. The van der Waals surface area contributed by atoms with Crippen LogP contribution in [-0.4, -0.2) is 21.7 Å². The summed E-state index contributed by atoms with van der Waals surface area (Å²) in [6.07, 6.45) is 6.46. The van der Waals surface area contributed by atoms with Crippen LogP contribution >= 0.6 is 0 Å². The van der Waals surface area contributed by atoms with Crippen molar-refractivity contribution in [3.05, 3.63) is 11.6 Å². The monoisotopic (exact) mass is 220 g/mol. The minimum Gasteiger partial charge on any atom is -0.307 e. The number of rotatable bonds is 2. The molecule has 2 fully saturated rings. The van der Waals surface area contributed by atoms with Crippen molar-refractivity contribution in [2.75, 3.05) is 6.54 Å². The first kappa shape index (κ1) is 10.3. The van der Waals surface area contributed by atoms with Gasteiger partial charge in [-0.25, -0.2) is 4.98 Å². The maximum atomic E-state index is 4.70. The Morgan fingerprint density at radius 1 is 1.19 bits per heavy atom. The van der Waals surface area contributed by atoms with Crippen LogP contribution in [0.1, 0.15) is 62.6 Å². The smallest absolute Gasteiger partial charge is 0.153 e. The molecule has 2 heterocycles. The Labute approximate surface area is 96.2 Å². The topological polar surface area (TPSA) is 53.6 Å². The van der Waals surface area contributed by atoms with E-state index in [1.165, 1.54) is 32.1 Å². The average Bonchev–Trinajstić information content (AvgIpc) is 2.96. The molecule has 4 heteroatoms. The molecule has 1 aliphatic heterocycles. The molecule has 1 aliphatic carbocycles. The van der Waals surface area contributed by atoms with Gasteiger partial charge in [0.05, 0.1) is 6.04 Å². The Bertz CT molecular complexity index is 354. The van der Waals surface area contributed by atoms with Gasteiger partial charge in [0, 0.05) is 5.92 Å². The minimum absolute atomic E-state index is 0.391. The van der Waals surface area contributed by atoms with Crippen molar-refractivity contribution in [3.63, 3.8) is 0 Å². The summed E-state index contributed by atoms with van der Waals surface area (Å²) in [5.74, 6) is 3.38. The second-order valence-electron chi connectivity index (χ2n) is 5.26. The molecule has 0 radical (unpaired) electrons. The lowest BCUT2D eigenvalue weighted by molar-refractivity contribution is 0.480. The maximum Gasteiger partial charge on any atom is 0.153 e. The van der Waals surface area contributed by atoms with Crippen LogP contribution in [0.3, 0.4) is 0 Å². The van der Waals surface area contributed by atoms with Gasteiger partial charge in [-0.3, -0.25) is 5.10 Å². The average molecular weight is 220 g/mol. The van der Waals surface area contributed by atoms with Gasteiger partial charge in [0.25, 0.3) is 0 Å². The first-order chi connectivity index (χ1) is 7.84. The Morgan fingerprint density at radius 3 is 2.69 bits per heavy atom. The van der Waals surface area contributed by atoms with Gasteiger partial charge in [-0.15, -0.1) is 0 Å². The molecular weight excluding hydrogens is 200 g/mol. The van der Waals surface area contributed by atoms with Crippen LogP contribution in [0.4, 0.5) is 0 Å². The highest BCUT2D eigenvalue weighted by Gasteiger charge is 2.28. The van der Waals surface area contributed by atoms with Crippen LogP contribution in [0, 0.1) is 5.92 Å². The van der Waals surface area contributed by atoms with Crippen LogP contribution in [0.2, 0.25) is 0 Å². The minimum atomic E-state index is 0.391. The Kier molecular flexibility index (Phi) is 2.67. The zero-order valence-corrected chi connectivity index (χ0v) is 9.87. The van der Waals surface area contributed by atoms with E-state index in [1.54, 1.807) is 0 Å². The number of nitrogens with zero attached hydrogens (tertiary/aromatic N) is 2. The first-order valence-electron chi connectivity index (χ1n) is 6.50. The molecule has 16 heavy (non-hydrogen) atoms. The Balaban J connectivity index is 1.76. The summed E-state index contributed by atoms with van der Waals surface area (Å²) < 4.78 is 0. The number of hydrogen-bond acceptors (Lipinski definition) is 3. The maximum absolute atomic E-state index is 4.70. The van der Waals surface area contributed by atoms with E-state index in [-0.39, 0.29) is 0 Å². The van der Waals surface area contributed by atoms with E-state index in [9.17, 15) is 0 Å². The van der Waals surface area contributed by atoms with Crippen molar-refractivity contribution in [1.29, 1.82) is 0 Å². The molecular formula is C12H20N4. The third-order valence-corrected chi connectivity index (χ3v) is 4.07. The number of hydrogen-bond donors (Lipinski definition) is 2. The standard InChI is InChI=1S/C12H20N4/c1-8-6-7-13-10(8)12-14-11(15-16-12)9-4-2-3-5-9/h8-10,13H,2-7H2,1H3,(H,14,15,16). The van der Waals surface area contributed by atoms with Crippen LogP contribution < -0.4 is 5.32 Å². The fraction of sp³-hybridized carbons (Fsp3) is 0.833. The van der Waals surface area contributed by atoms with Gasteiger partial charge in [0.15, 0.2) is 5.82 Å². The molecule has 1 saturated carbocycles. The van der Waals surface area contributed by atoms with Crippen LogP contribution in [0.15, 0.2) is 0 Å². The largest absolute Gasteiger partial charge is 0.307 e. The van der Waals surface area contributed by atoms with Crippen LogP contribution in [0.5, 0.6) is 0 Å². The van der Waals surface area contributed by atoms with Gasteiger partial charge < -0.3 is 5.32 Å². The summed E-state index contributed by atoms with van der Waals surface area (Å²) in [6, 6.07) is 0.391. The highest BCUT2D eigenvalue weighted by Crippen LogP contribution is 2.33. The van der Waals surface area contributed by atoms with Crippen molar-refractivity contribution in [1.82, 2.24) is 20.5 Å². The molecule has 88 valence electrons. The second-order valence-corrected chi connectivity index (χ2v) is 5.26. The molecule has 0 spiro atoms. The molecule has 2 atom stereocenters. The normalized spacial score (nSPS) is 31.3. The quantitative estimate of drug-likeness (QED) is 0.802. The summed E-state index contributed by atoms with van der Waals surface area (Å²) in [7, 11) is 0. The van der Waals surface area contributed by atoms with Crippen molar-refractivity contribution in [2.45, 2.75) is 51.0 Å². The first-order valence-corrected chi connectivity index (χ1v) is 6.50. The highest BCUT2D eigenvalue weighted by atomic mass is 15.2. The summed E-state index contributed by atoms with van der Waals surface area (Å²) in [6.45, 7) is 3.38. The number of H-pyrrole nitrogens is 1. The molecule has 2 unspecified atom stereocenters. The lowest BCUT2D eigenvalue weighted by Crippen LogP contribution is -2.18. The van der Waals surface area contributed by atoms with E-state index in [4.69, 9.17) is 4.98 Å². The third kappa shape index (κ3) is 1.75. The van der Waals surface area contributed by atoms with Gasteiger partial charge >= 0.3 is 0 Å². The van der Waals surface area contributed by atoms with Crippen LogP contribution in [-0.2, 0) is 0 Å². The van der Waals surface area contributed by atoms with E-state index in [0.717, 1.165) is 18.2 Å². The molecule has 0 amide bonds. The van der Waals surface area contributed by atoms with Gasteiger partial charge in [-0.1, -0.05) is 19.8 Å². The predicted octanol–water partition coefficient (Wildman–Crippen LogP) is 2.13. The van der Waals surface area contributed by atoms with Crippen molar-refractivity contribution >= 4 is 0 Å². The molecule has 2 aliphatic rings. The molecule has 1 aromatic rings. The van der Waals surface area contributed by atoms with Gasteiger partial charge in [-0.05, 0) is 31.7 Å². The zero-order chi connectivity index (χ0) is 11.0. The molecule has 0 aromatic carbocycles. The summed E-state index contributed by atoms with van der Waals surface area (Å²) >= 11 is 0. The molecule has 1 saturated heterocycles. The molecule has 2 N–H and O–H groups in total. The number of aromatic amines is 1. The van der Waals surface area contributed by atoms with E-state index < -0.39 is 0 Å². The van der Waals surface area contributed by atoms with Gasteiger partial charge in [0.2, 0.25) is 0 Å². The summed E-state index contributed by atoms with van der Waals surface area (Å²) in [4.78, 5) is 4.70. The van der Waals surface area contributed by atoms with E-state index in [0.29, 0.717) is 17.9 Å². The number of nitrogens with one attached hydrogen (secondary N) is 2. The van der Waals surface area contributed by atoms with Crippen LogP contribution in [0.25, 0.3) is 0 Å². The molecule has 3 rings (SSSR count). The van der Waals surface area contributed by atoms with Crippen molar-refractivity contribution in [3.8, 4) is 0 Å². The van der Waals surface area contributed by atoms with E-state index in [1.807, 2.05) is 0 Å².